The van der Waals surface area contributed by atoms with Crippen molar-refractivity contribution < 1.29 is 14.3 Å². The molecule has 1 aliphatic rings. The Labute approximate surface area is 194 Å². The zero-order valence-corrected chi connectivity index (χ0v) is 20.6. The second-order valence-electron chi connectivity index (χ2n) is 9.42. The largest absolute Gasteiger partial charge is 0.444 e. The fourth-order valence-electron chi connectivity index (χ4n) is 3.44. The maximum atomic E-state index is 13.0. The third-order valence-corrected chi connectivity index (χ3v) is 5.94. The van der Waals surface area contributed by atoms with Gasteiger partial charge in [-0.15, -0.1) is 11.3 Å². The summed E-state index contributed by atoms with van der Waals surface area (Å²) in [5.74, 6) is -0.229. The van der Waals surface area contributed by atoms with Crippen LogP contribution in [0.2, 0.25) is 0 Å². The van der Waals surface area contributed by atoms with Crippen LogP contribution in [0.4, 0.5) is 10.5 Å². The molecule has 2 amide bonds. The quantitative estimate of drug-likeness (QED) is 0.688. The van der Waals surface area contributed by atoms with E-state index in [0.717, 1.165) is 47.8 Å². The fourth-order valence-corrected chi connectivity index (χ4v) is 4.52. The van der Waals surface area contributed by atoms with Crippen molar-refractivity contribution in [3.05, 3.63) is 44.9 Å². The van der Waals surface area contributed by atoms with E-state index in [4.69, 9.17) is 4.74 Å². The Morgan fingerprint density at radius 3 is 2.72 bits per heavy atom. The van der Waals surface area contributed by atoms with Crippen LogP contribution in [-0.2, 0) is 30.8 Å². The molecule has 1 aromatic carbocycles. The first-order valence-electron chi connectivity index (χ1n) is 10.7. The number of likely N-dealkylation sites (N-methyl/N-ethyl adjacent to an activating group) is 1. The first-order chi connectivity index (χ1) is 15.0. The van der Waals surface area contributed by atoms with Gasteiger partial charge in [0.2, 0.25) is 0 Å². The van der Waals surface area contributed by atoms with Gasteiger partial charge in [-0.2, -0.15) is 0 Å². The maximum Gasteiger partial charge on any atom is 0.407 e. The summed E-state index contributed by atoms with van der Waals surface area (Å²) in [6, 6.07) is 5.87. The number of hydrogen-bond acceptors (Lipinski definition) is 7. The van der Waals surface area contributed by atoms with E-state index in [1.54, 1.807) is 0 Å². The Morgan fingerprint density at radius 1 is 1.28 bits per heavy atom. The van der Waals surface area contributed by atoms with Gasteiger partial charge in [-0.05, 0) is 59.1 Å². The topological polar surface area (TPSA) is 86.8 Å². The van der Waals surface area contributed by atoms with Gasteiger partial charge in [-0.1, -0.05) is 12.1 Å². The van der Waals surface area contributed by atoms with Crippen LogP contribution in [0.15, 0.2) is 18.2 Å². The van der Waals surface area contributed by atoms with Crippen LogP contribution < -0.4 is 10.6 Å². The molecule has 174 valence electrons. The molecule has 0 fully saturated rings. The van der Waals surface area contributed by atoms with Gasteiger partial charge in [0.25, 0.3) is 5.91 Å². The van der Waals surface area contributed by atoms with Crippen molar-refractivity contribution >= 4 is 29.0 Å². The van der Waals surface area contributed by atoms with E-state index in [1.165, 1.54) is 11.3 Å². The lowest BCUT2D eigenvalue weighted by Gasteiger charge is -2.20. The molecule has 9 heteroatoms. The third-order valence-electron chi connectivity index (χ3n) is 4.86. The molecule has 0 atom stereocenters. The highest BCUT2D eigenvalue weighted by molar-refractivity contribution is 7.13. The zero-order valence-electron chi connectivity index (χ0n) is 19.7. The molecule has 0 unspecified atom stereocenters. The molecule has 0 bridgehead atoms. The average Bonchev–Trinajstić information content (AvgIpc) is 3.09. The number of aromatic nitrogens is 1. The molecule has 1 aromatic heterocycles. The monoisotopic (exact) mass is 459 g/mol. The van der Waals surface area contributed by atoms with Gasteiger partial charge in [0, 0.05) is 43.2 Å². The van der Waals surface area contributed by atoms with Gasteiger partial charge in [0.15, 0.2) is 5.01 Å². The van der Waals surface area contributed by atoms with Crippen LogP contribution in [0.25, 0.3) is 0 Å². The summed E-state index contributed by atoms with van der Waals surface area (Å²) in [5.41, 5.74) is 2.97. The van der Waals surface area contributed by atoms with Crippen LogP contribution >= 0.6 is 11.3 Å². The van der Waals surface area contributed by atoms with E-state index >= 15 is 0 Å². The van der Waals surface area contributed by atoms with Crippen molar-refractivity contribution in [2.75, 3.05) is 33.0 Å². The van der Waals surface area contributed by atoms with Gasteiger partial charge >= 0.3 is 6.09 Å². The molecule has 0 aliphatic carbocycles. The second-order valence-corrected chi connectivity index (χ2v) is 10.5. The number of alkyl carbamates (subject to hydrolysis) is 1. The Hall–Kier alpha value is -2.49. The van der Waals surface area contributed by atoms with E-state index in [-0.39, 0.29) is 12.5 Å². The van der Waals surface area contributed by atoms with Crippen molar-refractivity contribution in [1.82, 2.24) is 20.1 Å². The van der Waals surface area contributed by atoms with Gasteiger partial charge in [-0.3, -0.25) is 4.79 Å². The van der Waals surface area contributed by atoms with E-state index in [1.807, 2.05) is 53.1 Å². The first-order valence-corrected chi connectivity index (χ1v) is 11.5. The number of carbonyl (C=O) groups is 2. The highest BCUT2D eigenvalue weighted by atomic mass is 32.1. The number of nitrogens with zero attached hydrogens (tertiary/aromatic N) is 3. The Balaban J connectivity index is 1.77. The lowest BCUT2D eigenvalue weighted by Crippen LogP contribution is -2.32. The molecule has 0 spiro atoms. The molecule has 2 aromatic rings. The SMILES string of the molecule is CN(C)Cc1ccc(CNC(=O)OC(C)(C)C)c(NC(=O)c2nc3c(s2)CN(C)CC3)c1. The summed E-state index contributed by atoms with van der Waals surface area (Å²) in [6.07, 6.45) is 0.364. The summed E-state index contributed by atoms with van der Waals surface area (Å²) in [5, 5.41) is 6.26. The lowest BCUT2D eigenvalue weighted by atomic mass is 10.1. The summed E-state index contributed by atoms with van der Waals surface area (Å²) >= 11 is 1.45. The molecule has 8 nitrogen and oxygen atoms in total. The number of thiazole rings is 1. The smallest absolute Gasteiger partial charge is 0.407 e. The highest BCUT2D eigenvalue weighted by Crippen LogP contribution is 2.26. The molecule has 0 radical (unpaired) electrons. The molecule has 1 aliphatic heterocycles. The molecule has 0 saturated heterocycles. The van der Waals surface area contributed by atoms with Crippen LogP contribution in [0, 0.1) is 0 Å². The fraction of sp³-hybridized carbons (Fsp3) is 0.522. The molecule has 2 N–H and O–H groups in total. The van der Waals surface area contributed by atoms with Crippen molar-refractivity contribution in [2.45, 2.75) is 52.4 Å². The molecule has 2 heterocycles. The standard InChI is InChI=1S/C23H33N5O3S/c1-23(2,3)31-22(30)24-12-16-8-7-15(13-27(4)5)11-18(16)25-20(29)21-26-17-9-10-28(6)14-19(17)32-21/h7-8,11H,9-10,12-14H2,1-6H3,(H,24,30)(H,25,29). The number of benzene rings is 1. The van der Waals surface area contributed by atoms with Crippen LogP contribution in [0.1, 0.15) is 52.3 Å². The van der Waals surface area contributed by atoms with Gasteiger partial charge in [0.1, 0.15) is 5.60 Å². The van der Waals surface area contributed by atoms with Crippen molar-refractivity contribution in [3.63, 3.8) is 0 Å². The summed E-state index contributed by atoms with van der Waals surface area (Å²) in [6.45, 7) is 8.21. The van der Waals surface area contributed by atoms with E-state index in [2.05, 4.69) is 32.5 Å². The summed E-state index contributed by atoms with van der Waals surface area (Å²) < 4.78 is 5.32. The predicted octanol–water partition coefficient (Wildman–Crippen LogP) is 3.47. The van der Waals surface area contributed by atoms with E-state index < -0.39 is 11.7 Å². The van der Waals surface area contributed by atoms with E-state index in [9.17, 15) is 9.59 Å². The third kappa shape index (κ3) is 6.75. The number of hydrogen-bond donors (Lipinski definition) is 2. The number of fused-ring (bicyclic) bond motifs is 1. The first kappa shape index (κ1) is 24.2. The molecule has 3 rings (SSSR count). The zero-order chi connectivity index (χ0) is 23.5. The number of amides is 2. The lowest BCUT2D eigenvalue weighted by molar-refractivity contribution is 0.0523. The van der Waals surface area contributed by atoms with Gasteiger partial charge in [-0.25, -0.2) is 9.78 Å². The Morgan fingerprint density at radius 2 is 2.03 bits per heavy atom. The van der Waals surface area contributed by atoms with Gasteiger partial charge in [0.05, 0.1) is 5.69 Å². The minimum absolute atomic E-state index is 0.229. The number of ether oxygens (including phenoxy) is 1. The molecule has 32 heavy (non-hydrogen) atoms. The minimum Gasteiger partial charge on any atom is -0.444 e. The number of carbonyl (C=O) groups excluding carboxylic acids is 2. The highest BCUT2D eigenvalue weighted by Gasteiger charge is 2.22. The van der Waals surface area contributed by atoms with Crippen LogP contribution in [-0.4, -0.2) is 60.1 Å². The normalized spacial score (nSPS) is 14.2. The van der Waals surface area contributed by atoms with Crippen LogP contribution in [0.3, 0.4) is 0 Å². The van der Waals surface area contributed by atoms with Crippen molar-refractivity contribution in [3.8, 4) is 0 Å². The number of rotatable bonds is 6. The molecule has 0 saturated carbocycles. The van der Waals surface area contributed by atoms with Crippen LogP contribution in [0.5, 0.6) is 0 Å². The van der Waals surface area contributed by atoms with Gasteiger partial charge < -0.3 is 25.2 Å². The van der Waals surface area contributed by atoms with Crippen molar-refractivity contribution in [2.24, 2.45) is 0 Å². The predicted molar refractivity (Wildman–Crippen MR) is 127 cm³/mol. The summed E-state index contributed by atoms with van der Waals surface area (Å²) in [7, 11) is 6.06. The average molecular weight is 460 g/mol. The molecular formula is C23H33N5O3S. The van der Waals surface area contributed by atoms with E-state index in [0.29, 0.717) is 10.7 Å². The Bertz CT molecular complexity index is 980. The van der Waals surface area contributed by atoms with Crippen molar-refractivity contribution in [1.29, 1.82) is 0 Å². The maximum absolute atomic E-state index is 13.0. The second kappa shape index (κ2) is 9.97. The summed E-state index contributed by atoms with van der Waals surface area (Å²) in [4.78, 5) is 35.1. The molecular weight excluding hydrogens is 426 g/mol. The number of nitrogens with one attached hydrogen (secondary N) is 2. The minimum atomic E-state index is -0.575. The Kier molecular flexibility index (Phi) is 7.53. The number of anilines is 1.